The SMILES string of the molecule is CC1(C)CC(Nc2cccc(C(F)(F)F)c2)CC(O)C1=CNNc1ncc(F)c(N2CCOCC2)n1. The van der Waals surface area contributed by atoms with Crippen molar-refractivity contribution < 1.29 is 27.4 Å². The number of aromatic nitrogens is 2. The third-order valence-electron chi connectivity index (χ3n) is 6.41. The van der Waals surface area contributed by atoms with Gasteiger partial charge in [-0.1, -0.05) is 19.9 Å². The first-order valence-electron chi connectivity index (χ1n) is 11.7. The summed E-state index contributed by atoms with van der Waals surface area (Å²) in [5.74, 6) is -0.169. The Hall–Kier alpha value is -3.12. The number of hydrogen-bond donors (Lipinski definition) is 4. The summed E-state index contributed by atoms with van der Waals surface area (Å²) >= 11 is 0. The Bertz CT molecular complexity index is 1090. The Labute approximate surface area is 206 Å². The van der Waals surface area contributed by atoms with Crippen LogP contribution in [0.2, 0.25) is 0 Å². The van der Waals surface area contributed by atoms with Crippen molar-refractivity contribution in [1.29, 1.82) is 0 Å². The van der Waals surface area contributed by atoms with Crippen LogP contribution in [0.5, 0.6) is 0 Å². The van der Waals surface area contributed by atoms with Gasteiger partial charge in [-0.05, 0) is 42.0 Å². The number of rotatable bonds is 6. The molecule has 1 saturated heterocycles. The first-order valence-corrected chi connectivity index (χ1v) is 11.7. The highest BCUT2D eigenvalue weighted by atomic mass is 19.4. The lowest BCUT2D eigenvalue weighted by molar-refractivity contribution is -0.137. The van der Waals surface area contributed by atoms with E-state index in [4.69, 9.17) is 4.74 Å². The van der Waals surface area contributed by atoms with Crippen molar-refractivity contribution in [1.82, 2.24) is 15.4 Å². The number of morpholine rings is 1. The van der Waals surface area contributed by atoms with E-state index >= 15 is 0 Å². The molecule has 0 amide bonds. The Kier molecular flexibility index (Phi) is 7.55. The van der Waals surface area contributed by atoms with Crippen LogP contribution in [0.25, 0.3) is 0 Å². The van der Waals surface area contributed by atoms with Crippen LogP contribution in [0.4, 0.5) is 35.0 Å². The van der Waals surface area contributed by atoms with E-state index < -0.39 is 29.1 Å². The number of aliphatic hydroxyl groups excluding tert-OH is 1. The molecule has 8 nitrogen and oxygen atoms in total. The third-order valence-corrected chi connectivity index (χ3v) is 6.41. The molecule has 4 rings (SSSR count). The van der Waals surface area contributed by atoms with Crippen LogP contribution in [0.15, 0.2) is 42.2 Å². The zero-order chi connectivity index (χ0) is 25.9. The molecular formula is C24H30F4N6O2. The van der Waals surface area contributed by atoms with Crippen LogP contribution >= 0.6 is 0 Å². The number of nitrogens with zero attached hydrogens (tertiary/aromatic N) is 3. The van der Waals surface area contributed by atoms with Crippen LogP contribution in [-0.4, -0.2) is 53.5 Å². The Morgan fingerprint density at radius 2 is 1.97 bits per heavy atom. The van der Waals surface area contributed by atoms with E-state index in [1.807, 2.05) is 13.8 Å². The smallest absolute Gasteiger partial charge is 0.389 e. The van der Waals surface area contributed by atoms with Gasteiger partial charge in [-0.25, -0.2) is 9.37 Å². The number of hydrazine groups is 1. The normalized spacial score (nSPS) is 23.4. The molecule has 1 saturated carbocycles. The molecule has 1 aliphatic carbocycles. The second kappa shape index (κ2) is 10.5. The Balaban J connectivity index is 1.39. The zero-order valence-electron chi connectivity index (χ0n) is 20.1. The Morgan fingerprint density at radius 3 is 2.67 bits per heavy atom. The number of nitrogens with one attached hydrogen (secondary N) is 3. The summed E-state index contributed by atoms with van der Waals surface area (Å²) in [4.78, 5) is 9.99. The van der Waals surface area contributed by atoms with Crippen molar-refractivity contribution >= 4 is 17.5 Å². The zero-order valence-corrected chi connectivity index (χ0v) is 20.1. The first kappa shape index (κ1) is 26.0. The van der Waals surface area contributed by atoms with Gasteiger partial charge in [0.25, 0.3) is 0 Å². The molecule has 0 radical (unpaired) electrons. The predicted octanol–water partition coefficient (Wildman–Crippen LogP) is 3.93. The molecule has 0 bridgehead atoms. The highest BCUT2D eigenvalue weighted by Crippen LogP contribution is 2.41. The van der Waals surface area contributed by atoms with Crippen LogP contribution in [0.1, 0.15) is 32.3 Å². The number of alkyl halides is 3. The molecule has 36 heavy (non-hydrogen) atoms. The molecule has 12 heteroatoms. The number of ether oxygens (including phenoxy) is 1. The lowest BCUT2D eigenvalue weighted by Crippen LogP contribution is -2.42. The fourth-order valence-corrected chi connectivity index (χ4v) is 4.68. The molecule has 2 aromatic rings. The van der Waals surface area contributed by atoms with E-state index in [9.17, 15) is 22.7 Å². The van der Waals surface area contributed by atoms with Crippen molar-refractivity contribution in [3.63, 3.8) is 0 Å². The van der Waals surface area contributed by atoms with Crippen molar-refractivity contribution in [3.05, 3.63) is 53.6 Å². The summed E-state index contributed by atoms with van der Waals surface area (Å²) in [5, 5.41) is 14.0. The van der Waals surface area contributed by atoms with Gasteiger partial charge < -0.3 is 25.5 Å². The van der Waals surface area contributed by atoms with Crippen LogP contribution in [0, 0.1) is 11.2 Å². The monoisotopic (exact) mass is 510 g/mol. The van der Waals surface area contributed by atoms with Gasteiger partial charge in [-0.15, -0.1) is 0 Å². The van der Waals surface area contributed by atoms with E-state index in [0.717, 1.165) is 18.3 Å². The third kappa shape index (κ3) is 6.16. The van der Waals surface area contributed by atoms with Crippen molar-refractivity contribution in [2.24, 2.45) is 5.41 Å². The first-order chi connectivity index (χ1) is 17.0. The quantitative estimate of drug-likeness (QED) is 0.343. The fourth-order valence-electron chi connectivity index (χ4n) is 4.68. The van der Waals surface area contributed by atoms with Gasteiger partial charge in [0.15, 0.2) is 11.6 Å². The molecule has 2 unspecified atom stereocenters. The molecule has 2 fully saturated rings. The maximum Gasteiger partial charge on any atom is 0.416 e. The summed E-state index contributed by atoms with van der Waals surface area (Å²) < 4.78 is 58.6. The van der Waals surface area contributed by atoms with E-state index in [1.165, 1.54) is 6.07 Å². The number of hydrogen-bond acceptors (Lipinski definition) is 8. The number of halogens is 4. The van der Waals surface area contributed by atoms with Gasteiger partial charge in [-0.3, -0.25) is 5.43 Å². The second-order valence-corrected chi connectivity index (χ2v) is 9.59. The van der Waals surface area contributed by atoms with Gasteiger partial charge in [0, 0.05) is 31.0 Å². The average Bonchev–Trinajstić information content (AvgIpc) is 2.81. The maximum absolute atomic E-state index is 14.2. The standard InChI is InChI=1S/C24H30F4N6O2/c1-23(2)12-17(31-16-5-3-4-15(10-16)24(26,27)28)11-20(35)18(23)13-30-33-22-29-14-19(25)21(32-22)34-6-8-36-9-7-34/h3-5,10,13-14,17,20,30-31,35H,6-9,11-12H2,1-2H3,(H,29,32,33). The molecule has 196 valence electrons. The summed E-state index contributed by atoms with van der Waals surface area (Å²) in [6.45, 7) is 5.95. The van der Waals surface area contributed by atoms with Crippen LogP contribution in [0.3, 0.4) is 0 Å². The van der Waals surface area contributed by atoms with Crippen LogP contribution in [-0.2, 0) is 10.9 Å². The highest BCUT2D eigenvalue weighted by Gasteiger charge is 2.38. The fraction of sp³-hybridized carbons (Fsp3) is 0.500. The van der Waals surface area contributed by atoms with Gasteiger partial charge in [-0.2, -0.15) is 18.2 Å². The largest absolute Gasteiger partial charge is 0.416 e. The minimum absolute atomic E-state index is 0.168. The molecule has 2 atom stereocenters. The molecule has 2 heterocycles. The average molecular weight is 511 g/mol. The van der Waals surface area contributed by atoms with Crippen molar-refractivity contribution in [2.45, 2.75) is 45.0 Å². The molecule has 1 aliphatic heterocycles. The van der Waals surface area contributed by atoms with Gasteiger partial charge in [0.1, 0.15) is 0 Å². The van der Waals surface area contributed by atoms with Crippen molar-refractivity contribution in [2.75, 3.05) is 41.9 Å². The topological polar surface area (TPSA) is 94.6 Å². The lowest BCUT2D eigenvalue weighted by atomic mass is 9.70. The minimum atomic E-state index is -4.42. The summed E-state index contributed by atoms with van der Waals surface area (Å²) in [6, 6.07) is 4.82. The second-order valence-electron chi connectivity index (χ2n) is 9.59. The molecule has 2 aliphatic rings. The van der Waals surface area contributed by atoms with E-state index in [-0.39, 0.29) is 17.8 Å². The lowest BCUT2D eigenvalue weighted by Gasteiger charge is -2.41. The van der Waals surface area contributed by atoms with Gasteiger partial charge in [0.2, 0.25) is 5.95 Å². The summed E-state index contributed by atoms with van der Waals surface area (Å²) in [7, 11) is 0. The predicted molar refractivity (Wildman–Crippen MR) is 128 cm³/mol. The molecule has 1 aromatic heterocycles. The molecule has 0 spiro atoms. The summed E-state index contributed by atoms with van der Waals surface area (Å²) in [6.07, 6.45) is -1.62. The maximum atomic E-state index is 14.2. The van der Waals surface area contributed by atoms with Gasteiger partial charge in [0.05, 0.1) is 31.1 Å². The van der Waals surface area contributed by atoms with Crippen LogP contribution < -0.4 is 21.1 Å². The highest BCUT2D eigenvalue weighted by molar-refractivity contribution is 5.48. The number of benzene rings is 1. The number of anilines is 3. The van der Waals surface area contributed by atoms with Crippen molar-refractivity contribution in [3.8, 4) is 0 Å². The summed E-state index contributed by atoms with van der Waals surface area (Å²) in [5.41, 5.74) is 5.59. The molecule has 1 aromatic carbocycles. The molecular weight excluding hydrogens is 480 g/mol. The Morgan fingerprint density at radius 1 is 1.22 bits per heavy atom. The van der Waals surface area contributed by atoms with E-state index in [1.54, 1.807) is 17.2 Å². The number of aliphatic hydroxyl groups is 1. The minimum Gasteiger partial charge on any atom is -0.389 e. The van der Waals surface area contributed by atoms with E-state index in [2.05, 4.69) is 26.1 Å². The van der Waals surface area contributed by atoms with E-state index in [0.29, 0.717) is 50.4 Å². The molecule has 4 N–H and O–H groups in total. The van der Waals surface area contributed by atoms with Gasteiger partial charge >= 0.3 is 6.18 Å².